The third kappa shape index (κ3) is 1.65. The van der Waals surface area contributed by atoms with Crippen molar-refractivity contribution in [2.24, 2.45) is 21.1 Å². The Hall–Kier alpha value is -3.72. The number of aryl methyl sites for hydroxylation is 3. The summed E-state index contributed by atoms with van der Waals surface area (Å²) >= 11 is 0. The average Bonchev–Trinajstić information content (AvgIpc) is 3.36. The van der Waals surface area contributed by atoms with Crippen molar-refractivity contribution in [3.05, 3.63) is 72.8 Å². The average molecular weight is 387 g/mol. The Labute approximate surface area is 173 Å². The van der Waals surface area contributed by atoms with Crippen molar-refractivity contribution in [2.45, 2.75) is 0 Å². The van der Waals surface area contributed by atoms with E-state index in [0.29, 0.717) is 0 Å². The van der Waals surface area contributed by atoms with Gasteiger partial charge in [0.15, 0.2) is 0 Å². The first-order valence-corrected chi connectivity index (χ1v) is 10.4. The number of hydrogen-bond donors (Lipinski definition) is 0. The Kier molecular flexibility index (Phi) is 2.82. The predicted molar refractivity (Wildman–Crippen MR) is 128 cm³/mol. The van der Waals surface area contributed by atoms with Crippen molar-refractivity contribution >= 4 is 65.4 Å². The van der Waals surface area contributed by atoms with E-state index < -0.39 is 0 Å². The normalized spacial score (nSPS) is 12.5. The second kappa shape index (κ2) is 5.25. The quantitative estimate of drug-likeness (QED) is 0.278. The summed E-state index contributed by atoms with van der Waals surface area (Å²) in [4.78, 5) is 0. The molecular formula is C27H21N3. The molecular weight excluding hydrogens is 366 g/mol. The van der Waals surface area contributed by atoms with Gasteiger partial charge in [0.05, 0.1) is 16.6 Å². The van der Waals surface area contributed by atoms with Gasteiger partial charge in [-0.15, -0.1) is 0 Å². The lowest BCUT2D eigenvalue weighted by Gasteiger charge is -2.07. The number of nitrogens with zero attached hydrogens (tertiary/aromatic N) is 3. The van der Waals surface area contributed by atoms with Gasteiger partial charge in [-0.1, -0.05) is 54.6 Å². The maximum Gasteiger partial charge on any atom is 0.0758 e. The van der Waals surface area contributed by atoms with Crippen molar-refractivity contribution in [1.29, 1.82) is 0 Å². The summed E-state index contributed by atoms with van der Waals surface area (Å²) in [6, 6.07) is 26.4. The molecule has 0 aliphatic heterocycles. The fourth-order valence-corrected chi connectivity index (χ4v) is 5.77. The minimum atomic E-state index is 1.27. The van der Waals surface area contributed by atoms with Crippen molar-refractivity contribution in [1.82, 2.24) is 13.7 Å². The summed E-state index contributed by atoms with van der Waals surface area (Å²) in [5, 5.41) is 8.04. The highest BCUT2D eigenvalue weighted by Gasteiger charge is 2.24. The number of para-hydroxylation sites is 3. The van der Waals surface area contributed by atoms with E-state index in [-0.39, 0.29) is 0 Å². The molecule has 0 aliphatic rings. The first-order valence-electron chi connectivity index (χ1n) is 10.4. The standard InChI is InChI=1S/C27H21N3/c1-28-19-13-7-4-10-16(19)22-23-17-11-5-8-14-20(17)29(2)26(23)27-24(25(22)28)18-12-6-9-15-21(18)30(27)3/h4-15H,1-3H3. The third-order valence-electron chi connectivity index (χ3n) is 7.03. The SMILES string of the molecule is Cn1c2ccccc2c2c3c4ccccc4n(C)c3c3c(c4ccccc4n3C)c21. The largest absolute Gasteiger partial charge is 0.343 e. The van der Waals surface area contributed by atoms with E-state index in [2.05, 4.69) is 108 Å². The van der Waals surface area contributed by atoms with E-state index in [1.807, 2.05) is 0 Å². The zero-order chi connectivity index (χ0) is 20.1. The monoisotopic (exact) mass is 387 g/mol. The molecule has 0 radical (unpaired) electrons. The van der Waals surface area contributed by atoms with Crippen molar-refractivity contribution in [2.75, 3.05) is 0 Å². The van der Waals surface area contributed by atoms with Crippen LogP contribution in [0.1, 0.15) is 0 Å². The highest BCUT2D eigenvalue weighted by molar-refractivity contribution is 6.39. The van der Waals surface area contributed by atoms with Crippen LogP contribution in [0.2, 0.25) is 0 Å². The van der Waals surface area contributed by atoms with Gasteiger partial charge in [0.1, 0.15) is 0 Å². The summed E-state index contributed by atoms with van der Waals surface area (Å²) in [6.45, 7) is 0. The molecule has 0 atom stereocenters. The molecule has 0 saturated carbocycles. The molecule has 3 heteroatoms. The molecule has 30 heavy (non-hydrogen) atoms. The lowest BCUT2D eigenvalue weighted by atomic mass is 10.0. The first-order chi connectivity index (χ1) is 14.7. The van der Waals surface area contributed by atoms with E-state index in [1.165, 1.54) is 65.4 Å². The van der Waals surface area contributed by atoms with Crippen LogP contribution in [0, 0.1) is 0 Å². The van der Waals surface area contributed by atoms with Gasteiger partial charge in [0.2, 0.25) is 0 Å². The van der Waals surface area contributed by atoms with E-state index in [0.717, 1.165) is 0 Å². The molecule has 3 nitrogen and oxygen atoms in total. The molecule has 3 heterocycles. The van der Waals surface area contributed by atoms with Crippen LogP contribution in [0.4, 0.5) is 0 Å². The number of hydrogen-bond acceptors (Lipinski definition) is 0. The molecule has 3 aromatic heterocycles. The van der Waals surface area contributed by atoms with Crippen LogP contribution in [0.15, 0.2) is 72.8 Å². The van der Waals surface area contributed by atoms with Crippen LogP contribution < -0.4 is 0 Å². The molecule has 0 bridgehead atoms. The summed E-state index contributed by atoms with van der Waals surface area (Å²) in [5.74, 6) is 0. The summed E-state index contributed by atoms with van der Waals surface area (Å²) in [6.07, 6.45) is 0. The van der Waals surface area contributed by atoms with Gasteiger partial charge in [0, 0.05) is 70.0 Å². The van der Waals surface area contributed by atoms with Gasteiger partial charge in [-0.3, -0.25) is 0 Å². The molecule has 0 N–H and O–H groups in total. The number of aromatic nitrogens is 3. The van der Waals surface area contributed by atoms with E-state index in [1.54, 1.807) is 0 Å². The smallest absolute Gasteiger partial charge is 0.0758 e. The Morgan fingerprint density at radius 3 is 1.23 bits per heavy atom. The lowest BCUT2D eigenvalue weighted by Crippen LogP contribution is -1.94. The topological polar surface area (TPSA) is 14.8 Å². The predicted octanol–water partition coefficient (Wildman–Crippen LogP) is 6.62. The first kappa shape index (κ1) is 16.1. The maximum absolute atomic E-state index is 2.39. The Morgan fingerprint density at radius 2 is 0.733 bits per heavy atom. The highest BCUT2D eigenvalue weighted by atomic mass is 15.0. The van der Waals surface area contributed by atoms with Crippen LogP contribution in [-0.4, -0.2) is 13.7 Å². The van der Waals surface area contributed by atoms with Crippen LogP contribution in [0.25, 0.3) is 65.4 Å². The molecule has 0 spiro atoms. The molecule has 0 fully saturated rings. The third-order valence-corrected chi connectivity index (χ3v) is 7.03. The molecule has 0 amide bonds. The summed E-state index contributed by atoms with van der Waals surface area (Å²) < 4.78 is 7.15. The second-order valence-corrected chi connectivity index (χ2v) is 8.40. The van der Waals surface area contributed by atoms with Crippen LogP contribution >= 0.6 is 0 Å². The fraction of sp³-hybridized carbons (Fsp3) is 0.111. The van der Waals surface area contributed by atoms with Crippen molar-refractivity contribution in [3.63, 3.8) is 0 Å². The minimum absolute atomic E-state index is 1.27. The number of benzene rings is 4. The number of rotatable bonds is 0. The Balaban J connectivity index is 2.02. The zero-order valence-electron chi connectivity index (χ0n) is 17.3. The van der Waals surface area contributed by atoms with Gasteiger partial charge in [-0.25, -0.2) is 0 Å². The van der Waals surface area contributed by atoms with E-state index >= 15 is 0 Å². The lowest BCUT2D eigenvalue weighted by molar-refractivity contribution is 0.985. The van der Waals surface area contributed by atoms with Gasteiger partial charge in [0.25, 0.3) is 0 Å². The Morgan fingerprint density at radius 1 is 0.400 bits per heavy atom. The fourth-order valence-electron chi connectivity index (χ4n) is 5.77. The van der Waals surface area contributed by atoms with Crippen LogP contribution in [0.3, 0.4) is 0 Å². The molecule has 0 saturated heterocycles. The van der Waals surface area contributed by atoms with Crippen molar-refractivity contribution < 1.29 is 0 Å². The van der Waals surface area contributed by atoms with Crippen LogP contribution in [0.5, 0.6) is 0 Å². The van der Waals surface area contributed by atoms with Gasteiger partial charge in [-0.05, 0) is 18.2 Å². The summed E-state index contributed by atoms with van der Waals surface area (Å²) in [5.41, 5.74) is 7.78. The molecule has 144 valence electrons. The molecule has 0 aliphatic carbocycles. The van der Waals surface area contributed by atoms with Gasteiger partial charge < -0.3 is 13.7 Å². The van der Waals surface area contributed by atoms with Crippen LogP contribution in [-0.2, 0) is 21.1 Å². The molecule has 0 unspecified atom stereocenters. The molecule has 7 rings (SSSR count). The minimum Gasteiger partial charge on any atom is -0.343 e. The second-order valence-electron chi connectivity index (χ2n) is 8.40. The summed E-state index contributed by atoms with van der Waals surface area (Å²) in [7, 11) is 6.62. The zero-order valence-corrected chi connectivity index (χ0v) is 17.3. The van der Waals surface area contributed by atoms with E-state index in [9.17, 15) is 0 Å². The Bertz CT molecular complexity index is 1820. The highest BCUT2D eigenvalue weighted by Crippen LogP contribution is 2.46. The van der Waals surface area contributed by atoms with Gasteiger partial charge >= 0.3 is 0 Å². The molecule has 7 aromatic rings. The maximum atomic E-state index is 2.39. The van der Waals surface area contributed by atoms with Gasteiger partial charge in [-0.2, -0.15) is 0 Å². The van der Waals surface area contributed by atoms with Crippen molar-refractivity contribution in [3.8, 4) is 0 Å². The molecule has 4 aromatic carbocycles. The number of fused-ring (bicyclic) bond motifs is 12. The van der Waals surface area contributed by atoms with E-state index in [4.69, 9.17) is 0 Å².